The quantitative estimate of drug-likeness (QED) is 0.625. The van der Waals surface area contributed by atoms with E-state index in [-0.39, 0.29) is 14.8 Å². The zero-order chi connectivity index (χ0) is 22.7. The lowest BCUT2D eigenvalue weighted by molar-refractivity contribution is -0.131. The summed E-state index contributed by atoms with van der Waals surface area (Å²) in [6.45, 7) is 8.73. The first kappa shape index (κ1) is 21.9. The average Bonchev–Trinajstić information content (AvgIpc) is 3.30. The summed E-state index contributed by atoms with van der Waals surface area (Å²) in [5.74, 6) is 1.73. The van der Waals surface area contributed by atoms with Crippen molar-refractivity contribution in [1.82, 2.24) is 30.4 Å². The van der Waals surface area contributed by atoms with Crippen molar-refractivity contribution in [2.45, 2.75) is 39.8 Å². The van der Waals surface area contributed by atoms with E-state index >= 15 is 0 Å². The molecule has 1 atom stereocenters. The van der Waals surface area contributed by atoms with Gasteiger partial charge < -0.3 is 19.5 Å². The van der Waals surface area contributed by atoms with E-state index in [1.807, 2.05) is 50.1 Å². The molecule has 32 heavy (non-hydrogen) atoms. The van der Waals surface area contributed by atoms with Crippen LogP contribution in [0.1, 0.15) is 34.4 Å². The fourth-order valence-electron chi connectivity index (χ4n) is 3.93. The molecule has 1 aliphatic heterocycles. The molecule has 0 bridgehead atoms. The molecule has 1 N–H and O–H groups in total. The SMILES string of the molecule is CCC(=O)N1CCN(c2cnc(C)c(-c3nnc(-c4ccc(CNC)cc4)o3)n2)[C@H](C)C1.[HH].[HH]. The molecule has 1 saturated heterocycles. The Morgan fingerprint density at radius 2 is 1.97 bits per heavy atom. The molecule has 0 unspecified atom stereocenters. The Labute approximate surface area is 190 Å². The van der Waals surface area contributed by atoms with Crippen molar-refractivity contribution >= 4 is 11.7 Å². The predicted octanol–water partition coefficient (Wildman–Crippen LogP) is 3.16. The van der Waals surface area contributed by atoms with Gasteiger partial charge in [0, 0.05) is 47.1 Å². The van der Waals surface area contributed by atoms with Crippen LogP contribution in [0.3, 0.4) is 0 Å². The molecule has 2 aromatic heterocycles. The van der Waals surface area contributed by atoms with Gasteiger partial charge in [-0.2, -0.15) is 0 Å². The third-order valence-electron chi connectivity index (χ3n) is 5.73. The minimum Gasteiger partial charge on any atom is -0.415 e. The minimum absolute atomic E-state index is 0. The number of aromatic nitrogens is 4. The molecule has 0 spiro atoms. The standard InChI is InChI=1S/C23H29N7O2.2H2/c1-5-20(31)29-10-11-30(15(2)14-29)19-13-25-16(3)21(26-19)23-28-27-22(32-23)18-8-6-17(7-9-18)12-24-4;;/h6-9,13,15,24H,5,10-12,14H2,1-4H3;2*1H/t15-;;/m1../s1. The largest absolute Gasteiger partial charge is 0.415 e. The Morgan fingerprint density at radius 1 is 1.22 bits per heavy atom. The maximum atomic E-state index is 12.1. The molecule has 3 heterocycles. The van der Waals surface area contributed by atoms with Crippen molar-refractivity contribution in [2.24, 2.45) is 0 Å². The third-order valence-corrected chi connectivity index (χ3v) is 5.73. The predicted molar refractivity (Wildman–Crippen MR) is 126 cm³/mol. The number of hydrogen-bond donors (Lipinski definition) is 1. The molecule has 9 nitrogen and oxygen atoms in total. The summed E-state index contributed by atoms with van der Waals surface area (Å²) < 4.78 is 5.96. The van der Waals surface area contributed by atoms with Crippen LogP contribution in [0.5, 0.6) is 0 Å². The van der Waals surface area contributed by atoms with Crippen LogP contribution >= 0.6 is 0 Å². The van der Waals surface area contributed by atoms with Gasteiger partial charge in [-0.15, -0.1) is 10.2 Å². The first-order valence-corrected chi connectivity index (χ1v) is 11.0. The van der Waals surface area contributed by atoms with Crippen LogP contribution in [-0.4, -0.2) is 63.7 Å². The second kappa shape index (κ2) is 9.44. The molecule has 3 aromatic rings. The Kier molecular flexibility index (Phi) is 6.45. The number of carbonyl (C=O) groups is 1. The fraction of sp³-hybridized carbons (Fsp3) is 0.435. The van der Waals surface area contributed by atoms with E-state index in [0.29, 0.717) is 43.5 Å². The lowest BCUT2D eigenvalue weighted by Gasteiger charge is -2.40. The Hall–Kier alpha value is -3.33. The Morgan fingerprint density at radius 3 is 2.66 bits per heavy atom. The fourth-order valence-corrected chi connectivity index (χ4v) is 3.93. The summed E-state index contributed by atoms with van der Waals surface area (Å²) in [6.07, 6.45) is 2.29. The minimum atomic E-state index is 0. The van der Waals surface area contributed by atoms with Gasteiger partial charge in [0.1, 0.15) is 5.82 Å². The highest BCUT2D eigenvalue weighted by Crippen LogP contribution is 2.27. The van der Waals surface area contributed by atoms with Crippen LogP contribution in [0.25, 0.3) is 23.0 Å². The van der Waals surface area contributed by atoms with Crippen LogP contribution in [0.2, 0.25) is 0 Å². The van der Waals surface area contributed by atoms with Crippen LogP contribution in [0, 0.1) is 6.92 Å². The summed E-state index contributed by atoms with van der Waals surface area (Å²) in [5, 5.41) is 11.6. The molecule has 0 aliphatic carbocycles. The van der Waals surface area contributed by atoms with Gasteiger partial charge in [0.2, 0.25) is 11.8 Å². The average molecular weight is 440 g/mol. The maximum absolute atomic E-state index is 12.1. The zero-order valence-electron chi connectivity index (χ0n) is 19.0. The number of benzene rings is 1. The van der Waals surface area contributed by atoms with Crippen LogP contribution in [0.15, 0.2) is 34.9 Å². The van der Waals surface area contributed by atoms with Crippen molar-refractivity contribution in [3.05, 3.63) is 41.7 Å². The van der Waals surface area contributed by atoms with Crippen molar-refractivity contribution in [3.63, 3.8) is 0 Å². The number of hydrogen-bond acceptors (Lipinski definition) is 8. The third kappa shape index (κ3) is 4.47. The normalized spacial score (nSPS) is 16.4. The summed E-state index contributed by atoms with van der Waals surface area (Å²) in [5.41, 5.74) is 3.34. The van der Waals surface area contributed by atoms with Gasteiger partial charge in [-0.25, -0.2) is 4.98 Å². The van der Waals surface area contributed by atoms with Gasteiger partial charge >= 0.3 is 0 Å². The van der Waals surface area contributed by atoms with Gasteiger partial charge in [-0.05, 0) is 38.6 Å². The molecule has 9 heteroatoms. The highest BCUT2D eigenvalue weighted by Gasteiger charge is 2.28. The van der Waals surface area contributed by atoms with Crippen molar-refractivity contribution in [2.75, 3.05) is 31.6 Å². The summed E-state index contributed by atoms with van der Waals surface area (Å²) in [6, 6.07) is 8.14. The summed E-state index contributed by atoms with van der Waals surface area (Å²) in [4.78, 5) is 25.5. The van der Waals surface area contributed by atoms with Gasteiger partial charge in [0.15, 0.2) is 5.69 Å². The van der Waals surface area contributed by atoms with E-state index < -0.39 is 0 Å². The first-order valence-electron chi connectivity index (χ1n) is 11.0. The molecule has 0 saturated carbocycles. The van der Waals surface area contributed by atoms with Crippen LogP contribution in [0.4, 0.5) is 5.82 Å². The molecule has 1 aromatic carbocycles. The van der Waals surface area contributed by atoms with Gasteiger partial charge in [0.25, 0.3) is 5.89 Å². The second-order valence-electron chi connectivity index (χ2n) is 8.04. The van der Waals surface area contributed by atoms with E-state index in [0.717, 1.165) is 23.6 Å². The molecule has 1 amide bonds. The van der Waals surface area contributed by atoms with Crippen molar-refractivity contribution in [1.29, 1.82) is 0 Å². The first-order chi connectivity index (χ1) is 15.5. The topological polar surface area (TPSA) is 100 Å². The Bertz CT molecular complexity index is 1090. The number of carbonyl (C=O) groups excluding carboxylic acids is 1. The van der Waals surface area contributed by atoms with E-state index in [2.05, 4.69) is 32.3 Å². The number of piperazine rings is 1. The number of nitrogens with one attached hydrogen (secondary N) is 1. The molecule has 1 fully saturated rings. The number of amides is 1. The van der Waals surface area contributed by atoms with Gasteiger partial charge in [-0.1, -0.05) is 19.1 Å². The number of anilines is 1. The molecule has 1 aliphatic rings. The number of aryl methyl sites for hydroxylation is 1. The molecular weight excluding hydrogens is 406 g/mol. The lowest BCUT2D eigenvalue weighted by atomic mass is 10.1. The van der Waals surface area contributed by atoms with E-state index in [1.165, 1.54) is 5.56 Å². The summed E-state index contributed by atoms with van der Waals surface area (Å²) in [7, 11) is 1.92. The van der Waals surface area contributed by atoms with Crippen molar-refractivity contribution in [3.8, 4) is 23.0 Å². The highest BCUT2D eigenvalue weighted by molar-refractivity contribution is 5.76. The number of rotatable bonds is 6. The van der Waals surface area contributed by atoms with Crippen molar-refractivity contribution < 1.29 is 12.1 Å². The zero-order valence-corrected chi connectivity index (χ0v) is 19.0. The van der Waals surface area contributed by atoms with Gasteiger partial charge in [0.05, 0.1) is 11.9 Å². The highest BCUT2D eigenvalue weighted by atomic mass is 16.4. The molecule has 4 rings (SSSR count). The van der Waals surface area contributed by atoms with Gasteiger partial charge in [-0.3, -0.25) is 9.78 Å². The second-order valence-corrected chi connectivity index (χ2v) is 8.04. The van der Waals surface area contributed by atoms with E-state index in [1.54, 1.807) is 6.20 Å². The molecule has 172 valence electrons. The van der Waals surface area contributed by atoms with E-state index in [4.69, 9.17) is 9.40 Å². The molecular formula is C23H33N7O2. The summed E-state index contributed by atoms with van der Waals surface area (Å²) >= 11 is 0. The van der Waals surface area contributed by atoms with Crippen LogP contribution < -0.4 is 10.2 Å². The smallest absolute Gasteiger partial charge is 0.268 e. The Balaban J connectivity index is 0.00000204. The number of nitrogens with zero attached hydrogens (tertiary/aromatic N) is 6. The maximum Gasteiger partial charge on any atom is 0.268 e. The lowest BCUT2D eigenvalue weighted by Crippen LogP contribution is -2.54. The van der Waals surface area contributed by atoms with E-state index in [9.17, 15) is 4.79 Å². The monoisotopic (exact) mass is 439 g/mol. The van der Waals surface area contributed by atoms with Crippen LogP contribution in [-0.2, 0) is 11.3 Å². The molecule has 0 radical (unpaired) electrons.